The van der Waals surface area contributed by atoms with Gasteiger partial charge in [0.1, 0.15) is 0 Å². The molecule has 2 aromatic rings. The lowest BCUT2D eigenvalue weighted by atomic mass is 9.54. The van der Waals surface area contributed by atoms with Crippen molar-refractivity contribution in [3.63, 3.8) is 0 Å². The average Bonchev–Trinajstić information content (AvgIpc) is 2.76. The molecule has 1 atom stereocenters. The predicted octanol–water partition coefficient (Wildman–Crippen LogP) is 4.88. The number of ether oxygens (including phenoxy) is 1. The predicted molar refractivity (Wildman–Crippen MR) is 110 cm³/mol. The molecular formula is C23H23NO5. The maximum atomic E-state index is 13.8. The number of non-ortho nitro benzene ring substituents is 1. The second-order valence-corrected chi connectivity index (χ2v) is 7.16. The fraction of sp³-hybridized carbons (Fsp3) is 0.304. The molecule has 150 valence electrons. The SMILES string of the molecule is C=C(c1ccc([N+](=O)[O-])cc1)C1(OC)C(=O)c2ccccc2C(=O)C1(CC)CC. The van der Waals surface area contributed by atoms with Gasteiger partial charge in [-0.1, -0.05) is 44.7 Å². The van der Waals surface area contributed by atoms with E-state index in [4.69, 9.17) is 4.74 Å². The molecule has 0 radical (unpaired) electrons. The van der Waals surface area contributed by atoms with E-state index in [9.17, 15) is 19.7 Å². The van der Waals surface area contributed by atoms with Crippen molar-refractivity contribution in [2.75, 3.05) is 7.11 Å². The van der Waals surface area contributed by atoms with Gasteiger partial charge in [0.25, 0.3) is 5.69 Å². The van der Waals surface area contributed by atoms with Crippen LogP contribution in [-0.4, -0.2) is 29.2 Å². The Hall–Kier alpha value is -3.12. The number of nitro groups is 1. The third kappa shape index (κ3) is 2.67. The van der Waals surface area contributed by atoms with Crippen molar-refractivity contribution in [2.45, 2.75) is 32.3 Å². The number of carbonyl (C=O) groups is 2. The van der Waals surface area contributed by atoms with Gasteiger partial charge < -0.3 is 4.74 Å². The first kappa shape index (κ1) is 20.6. The summed E-state index contributed by atoms with van der Waals surface area (Å²) in [6.45, 7) is 7.87. The molecule has 0 N–H and O–H groups in total. The molecule has 0 heterocycles. The molecule has 0 aromatic heterocycles. The summed E-state index contributed by atoms with van der Waals surface area (Å²) < 4.78 is 5.91. The van der Waals surface area contributed by atoms with Crippen molar-refractivity contribution in [3.05, 3.63) is 81.9 Å². The molecular weight excluding hydrogens is 370 g/mol. The zero-order valence-electron chi connectivity index (χ0n) is 16.7. The summed E-state index contributed by atoms with van der Waals surface area (Å²) in [5, 5.41) is 11.0. The fourth-order valence-corrected chi connectivity index (χ4v) is 4.60. The van der Waals surface area contributed by atoms with Crippen molar-refractivity contribution in [3.8, 4) is 0 Å². The summed E-state index contributed by atoms with van der Waals surface area (Å²) in [6.07, 6.45) is 0.754. The highest BCUT2D eigenvalue weighted by atomic mass is 16.6. The molecule has 29 heavy (non-hydrogen) atoms. The molecule has 0 bridgehead atoms. The van der Waals surface area contributed by atoms with Crippen LogP contribution in [0.5, 0.6) is 0 Å². The Balaban J connectivity index is 2.28. The minimum absolute atomic E-state index is 0.0679. The quantitative estimate of drug-likeness (QED) is 0.516. The number of benzene rings is 2. The Morgan fingerprint density at radius 1 is 1.00 bits per heavy atom. The summed E-state index contributed by atoms with van der Waals surface area (Å²) in [7, 11) is 1.41. The zero-order chi connectivity index (χ0) is 21.4. The number of ketones is 2. The summed E-state index contributed by atoms with van der Waals surface area (Å²) in [5.74, 6) is -0.468. The average molecular weight is 393 g/mol. The topological polar surface area (TPSA) is 86.5 Å². The van der Waals surface area contributed by atoms with Gasteiger partial charge in [-0.05, 0) is 36.1 Å². The first-order valence-corrected chi connectivity index (χ1v) is 9.48. The monoisotopic (exact) mass is 393 g/mol. The molecule has 0 aliphatic heterocycles. The minimum Gasteiger partial charge on any atom is -0.364 e. The standard InChI is InChI=1S/C23H23NO5/c1-5-22(6-2)20(25)18-9-7-8-10-19(18)21(26)23(22,29-4)15(3)16-11-13-17(14-12-16)24(27)28/h7-14H,3,5-6H2,1-2,4H3. The molecule has 0 fully saturated rings. The third-order valence-electron chi connectivity index (χ3n) is 6.21. The normalized spacial score (nSPS) is 20.2. The van der Waals surface area contributed by atoms with Crippen LogP contribution in [0.15, 0.2) is 55.1 Å². The minimum atomic E-state index is -1.60. The molecule has 1 aliphatic carbocycles. The molecule has 0 saturated heterocycles. The molecule has 0 spiro atoms. The number of nitro benzene ring substituents is 1. The number of nitrogens with zero attached hydrogens (tertiary/aromatic N) is 1. The van der Waals surface area contributed by atoms with Crippen LogP contribution in [0, 0.1) is 15.5 Å². The van der Waals surface area contributed by atoms with Crippen LogP contribution in [0.4, 0.5) is 5.69 Å². The molecule has 1 unspecified atom stereocenters. The molecule has 1 aliphatic rings. The van der Waals surface area contributed by atoms with Crippen LogP contribution in [0.3, 0.4) is 0 Å². The van der Waals surface area contributed by atoms with E-state index in [2.05, 4.69) is 6.58 Å². The van der Waals surface area contributed by atoms with E-state index in [0.29, 0.717) is 35.1 Å². The van der Waals surface area contributed by atoms with E-state index in [0.717, 1.165) is 0 Å². The van der Waals surface area contributed by atoms with E-state index in [1.54, 1.807) is 24.3 Å². The number of hydrogen-bond donors (Lipinski definition) is 0. The summed E-state index contributed by atoms with van der Waals surface area (Å²) in [6, 6.07) is 12.5. The van der Waals surface area contributed by atoms with Gasteiger partial charge in [-0.3, -0.25) is 19.7 Å². The molecule has 0 amide bonds. The Bertz CT molecular complexity index is 1000. The highest BCUT2D eigenvalue weighted by molar-refractivity contribution is 6.25. The Morgan fingerprint density at radius 2 is 1.52 bits per heavy atom. The molecule has 2 aromatic carbocycles. The van der Waals surface area contributed by atoms with Gasteiger partial charge in [-0.15, -0.1) is 0 Å². The van der Waals surface area contributed by atoms with Crippen molar-refractivity contribution < 1.29 is 19.2 Å². The van der Waals surface area contributed by atoms with Gasteiger partial charge >= 0.3 is 0 Å². The van der Waals surface area contributed by atoms with Crippen molar-refractivity contribution in [1.29, 1.82) is 0 Å². The van der Waals surface area contributed by atoms with E-state index in [1.807, 2.05) is 13.8 Å². The first-order valence-electron chi connectivity index (χ1n) is 9.48. The smallest absolute Gasteiger partial charge is 0.269 e. The Labute approximate surface area is 169 Å². The number of rotatable bonds is 6. The number of methoxy groups -OCH3 is 1. The van der Waals surface area contributed by atoms with Crippen LogP contribution in [0.1, 0.15) is 53.0 Å². The highest BCUT2D eigenvalue weighted by Crippen LogP contribution is 2.54. The maximum absolute atomic E-state index is 13.8. The van der Waals surface area contributed by atoms with E-state index >= 15 is 0 Å². The molecule has 6 heteroatoms. The van der Waals surface area contributed by atoms with E-state index < -0.39 is 15.9 Å². The number of hydrogen-bond acceptors (Lipinski definition) is 5. The van der Waals surface area contributed by atoms with Crippen LogP contribution >= 0.6 is 0 Å². The highest BCUT2D eigenvalue weighted by Gasteiger charge is 2.64. The second-order valence-electron chi connectivity index (χ2n) is 7.16. The maximum Gasteiger partial charge on any atom is 0.269 e. The van der Waals surface area contributed by atoms with Gasteiger partial charge in [-0.2, -0.15) is 0 Å². The van der Waals surface area contributed by atoms with Crippen molar-refractivity contribution in [2.24, 2.45) is 5.41 Å². The lowest BCUT2D eigenvalue weighted by Gasteiger charge is -2.51. The summed E-state index contributed by atoms with van der Waals surface area (Å²) >= 11 is 0. The fourth-order valence-electron chi connectivity index (χ4n) is 4.60. The van der Waals surface area contributed by atoms with Crippen molar-refractivity contribution in [1.82, 2.24) is 0 Å². The number of fused-ring (bicyclic) bond motifs is 1. The summed E-state index contributed by atoms with van der Waals surface area (Å²) in [5.41, 5.74) is -1.26. The first-order chi connectivity index (χ1) is 13.8. The van der Waals surface area contributed by atoms with E-state index in [1.165, 1.54) is 31.4 Å². The van der Waals surface area contributed by atoms with Gasteiger partial charge in [0.2, 0.25) is 5.78 Å². The lowest BCUT2D eigenvalue weighted by Crippen LogP contribution is -2.62. The Kier molecular flexibility index (Phi) is 5.24. The second kappa shape index (κ2) is 7.37. The lowest BCUT2D eigenvalue weighted by molar-refractivity contribution is -0.384. The van der Waals surface area contributed by atoms with Gasteiger partial charge in [0.05, 0.1) is 10.3 Å². The van der Waals surface area contributed by atoms with Crippen molar-refractivity contribution >= 4 is 22.8 Å². The summed E-state index contributed by atoms with van der Waals surface area (Å²) in [4.78, 5) is 37.9. The van der Waals surface area contributed by atoms with E-state index in [-0.39, 0.29) is 17.3 Å². The third-order valence-corrected chi connectivity index (χ3v) is 6.21. The Morgan fingerprint density at radius 3 is 1.97 bits per heavy atom. The van der Waals surface area contributed by atoms with Crippen LogP contribution in [0.25, 0.3) is 5.57 Å². The largest absolute Gasteiger partial charge is 0.364 e. The number of carbonyl (C=O) groups excluding carboxylic acids is 2. The van der Waals surface area contributed by atoms with Gasteiger partial charge in [0, 0.05) is 30.4 Å². The van der Waals surface area contributed by atoms with Crippen LogP contribution < -0.4 is 0 Å². The van der Waals surface area contributed by atoms with Crippen LogP contribution in [0.2, 0.25) is 0 Å². The molecule has 0 saturated carbocycles. The molecule has 6 nitrogen and oxygen atoms in total. The molecule has 3 rings (SSSR count). The zero-order valence-corrected chi connectivity index (χ0v) is 16.7. The van der Waals surface area contributed by atoms with Crippen LogP contribution in [-0.2, 0) is 4.74 Å². The number of Topliss-reactive ketones (excluding diaryl/α,β-unsaturated/α-hetero) is 2. The van der Waals surface area contributed by atoms with Gasteiger partial charge in [-0.25, -0.2) is 0 Å². The van der Waals surface area contributed by atoms with Gasteiger partial charge in [0.15, 0.2) is 11.4 Å².